The molecule has 0 aliphatic carbocycles. The molecule has 0 aromatic rings. The maximum absolute atomic E-state index is 12.5. The second kappa shape index (κ2) is 13.4. The van der Waals surface area contributed by atoms with Crippen molar-refractivity contribution in [2.75, 3.05) is 60.0 Å². The summed E-state index contributed by atoms with van der Waals surface area (Å²) in [5.74, 6) is 0.293. The predicted octanol–water partition coefficient (Wildman–Crippen LogP) is 1.29. The molecule has 160 valence electrons. The number of hydrogen-bond donors (Lipinski definition) is 2. The third kappa shape index (κ3) is 12.3. The number of hydrogen-bond acceptors (Lipinski definition) is 4. The highest BCUT2D eigenvalue weighted by atomic mass is 127. The van der Waals surface area contributed by atoms with Crippen molar-refractivity contribution in [3.63, 3.8) is 0 Å². The van der Waals surface area contributed by atoms with Crippen LogP contribution in [0.4, 0.5) is 13.2 Å². The van der Waals surface area contributed by atoms with Gasteiger partial charge >= 0.3 is 6.18 Å². The molecular weight excluding hydrogens is 478 g/mol. The molecule has 0 saturated carbocycles. The number of carbonyl (C=O) groups excluding carboxylic acids is 1. The van der Waals surface area contributed by atoms with Crippen molar-refractivity contribution in [1.29, 1.82) is 0 Å². The van der Waals surface area contributed by atoms with Gasteiger partial charge in [0.25, 0.3) is 0 Å². The number of likely N-dealkylation sites (N-methyl/N-ethyl adjacent to an activating group) is 1. The topological polar surface area (TPSA) is 69.2 Å². The van der Waals surface area contributed by atoms with Gasteiger partial charge in [0.15, 0.2) is 5.96 Å². The van der Waals surface area contributed by atoms with Crippen LogP contribution in [0.2, 0.25) is 0 Å². The molecule has 1 heterocycles. The zero-order valence-corrected chi connectivity index (χ0v) is 18.5. The Labute approximate surface area is 176 Å². The molecule has 0 bridgehead atoms. The largest absolute Gasteiger partial charge is 0.401 e. The van der Waals surface area contributed by atoms with Gasteiger partial charge in [0.1, 0.15) is 6.54 Å². The summed E-state index contributed by atoms with van der Waals surface area (Å²) in [5.41, 5.74) is 0. The zero-order chi connectivity index (χ0) is 19.6. The first-order valence-corrected chi connectivity index (χ1v) is 8.83. The lowest BCUT2D eigenvalue weighted by atomic mass is 10.3. The highest BCUT2D eigenvalue weighted by Crippen LogP contribution is 2.19. The lowest BCUT2D eigenvalue weighted by molar-refractivity contribution is -0.143. The van der Waals surface area contributed by atoms with Gasteiger partial charge in [-0.15, -0.1) is 24.0 Å². The fourth-order valence-corrected chi connectivity index (χ4v) is 2.51. The van der Waals surface area contributed by atoms with Crippen molar-refractivity contribution in [2.24, 2.45) is 4.99 Å². The number of alkyl halides is 3. The molecule has 0 aromatic carbocycles. The molecule has 0 aromatic heterocycles. The smallest absolute Gasteiger partial charge is 0.382 e. The maximum Gasteiger partial charge on any atom is 0.401 e. The number of nitrogens with zero attached hydrogens (tertiary/aromatic N) is 3. The Morgan fingerprint density at radius 3 is 2.67 bits per heavy atom. The summed E-state index contributed by atoms with van der Waals surface area (Å²) in [7, 11) is 3.29. The van der Waals surface area contributed by atoms with E-state index in [0.29, 0.717) is 45.2 Å². The molecule has 1 fully saturated rings. The molecule has 2 N–H and O–H groups in total. The van der Waals surface area contributed by atoms with Crippen LogP contribution in [0.3, 0.4) is 0 Å². The molecule has 1 rings (SSSR count). The molecule has 1 aliphatic heterocycles. The SMILES string of the molecule is CCOCCCNC(=NCC(=O)N(C)C)NC1CCN(CC(F)(F)F)C1.I. The minimum atomic E-state index is -4.19. The van der Waals surface area contributed by atoms with E-state index in [1.54, 1.807) is 14.1 Å². The first-order chi connectivity index (χ1) is 12.2. The average molecular weight is 509 g/mol. The molecule has 1 saturated heterocycles. The number of rotatable bonds is 9. The minimum absolute atomic E-state index is 0. The Morgan fingerprint density at radius 2 is 2.07 bits per heavy atom. The number of guanidine groups is 1. The van der Waals surface area contributed by atoms with Gasteiger partial charge in [-0.25, -0.2) is 4.99 Å². The zero-order valence-electron chi connectivity index (χ0n) is 16.1. The lowest BCUT2D eigenvalue weighted by Gasteiger charge is -2.20. The Balaban J connectivity index is 0.00000676. The fraction of sp³-hybridized carbons (Fsp3) is 0.875. The summed E-state index contributed by atoms with van der Waals surface area (Å²) in [5, 5.41) is 6.25. The Kier molecular flexibility index (Phi) is 13.0. The van der Waals surface area contributed by atoms with Crippen molar-refractivity contribution in [3.8, 4) is 0 Å². The van der Waals surface area contributed by atoms with Crippen LogP contribution in [-0.4, -0.2) is 93.9 Å². The van der Waals surface area contributed by atoms with Gasteiger partial charge in [0.05, 0.1) is 6.54 Å². The number of nitrogens with one attached hydrogen (secondary N) is 2. The van der Waals surface area contributed by atoms with Gasteiger partial charge in [-0.3, -0.25) is 9.69 Å². The highest BCUT2D eigenvalue weighted by molar-refractivity contribution is 14.0. The normalized spacial score (nSPS) is 18.1. The van der Waals surface area contributed by atoms with E-state index in [-0.39, 0.29) is 42.5 Å². The number of likely N-dealkylation sites (tertiary alicyclic amines) is 1. The van der Waals surface area contributed by atoms with Crippen molar-refractivity contribution in [3.05, 3.63) is 0 Å². The van der Waals surface area contributed by atoms with E-state index >= 15 is 0 Å². The van der Waals surface area contributed by atoms with Gasteiger partial charge in [0.2, 0.25) is 5.91 Å². The summed E-state index contributed by atoms with van der Waals surface area (Å²) >= 11 is 0. The average Bonchev–Trinajstić information content (AvgIpc) is 2.96. The molecule has 0 radical (unpaired) electrons. The van der Waals surface area contributed by atoms with Crippen LogP contribution in [0.25, 0.3) is 0 Å². The summed E-state index contributed by atoms with van der Waals surface area (Å²) in [6.07, 6.45) is -2.83. The van der Waals surface area contributed by atoms with E-state index in [1.165, 1.54) is 9.80 Å². The first-order valence-electron chi connectivity index (χ1n) is 8.83. The number of carbonyl (C=O) groups is 1. The quantitative estimate of drug-likeness (QED) is 0.212. The number of halogens is 4. The predicted molar refractivity (Wildman–Crippen MR) is 110 cm³/mol. The standard InChI is InChI=1S/C16H30F3N5O2.HI/c1-4-26-9-5-7-20-15(21-10-14(25)23(2)3)22-13-6-8-24(11-13)12-16(17,18)19;/h13H,4-12H2,1-3H3,(H2,20,21,22);1H. The van der Waals surface area contributed by atoms with Gasteiger partial charge in [-0.2, -0.15) is 13.2 Å². The van der Waals surface area contributed by atoms with Crippen molar-refractivity contribution in [2.45, 2.75) is 32.0 Å². The second-order valence-corrected chi connectivity index (χ2v) is 6.41. The molecule has 27 heavy (non-hydrogen) atoms. The molecule has 1 aliphatic rings. The van der Waals surface area contributed by atoms with E-state index in [0.717, 1.165) is 6.42 Å². The van der Waals surface area contributed by atoms with E-state index < -0.39 is 12.7 Å². The number of ether oxygens (including phenoxy) is 1. The molecule has 1 amide bonds. The van der Waals surface area contributed by atoms with Crippen LogP contribution in [0.5, 0.6) is 0 Å². The first kappa shape index (κ1) is 26.2. The minimum Gasteiger partial charge on any atom is -0.382 e. The molecule has 1 unspecified atom stereocenters. The molecule has 0 spiro atoms. The Hall–Kier alpha value is -0.820. The lowest BCUT2D eigenvalue weighted by Crippen LogP contribution is -2.46. The maximum atomic E-state index is 12.5. The van der Waals surface area contributed by atoms with E-state index in [2.05, 4.69) is 15.6 Å². The van der Waals surface area contributed by atoms with E-state index in [1.807, 2.05) is 6.92 Å². The molecular formula is C16H31F3IN5O2. The van der Waals surface area contributed by atoms with Gasteiger partial charge in [-0.05, 0) is 19.8 Å². The Bertz CT molecular complexity index is 464. The van der Waals surface area contributed by atoms with Crippen molar-refractivity contribution < 1.29 is 22.7 Å². The highest BCUT2D eigenvalue weighted by Gasteiger charge is 2.34. The summed E-state index contributed by atoms with van der Waals surface area (Å²) < 4.78 is 42.8. The van der Waals surface area contributed by atoms with E-state index in [4.69, 9.17) is 4.74 Å². The van der Waals surface area contributed by atoms with Crippen molar-refractivity contribution in [1.82, 2.24) is 20.4 Å². The van der Waals surface area contributed by atoms with Crippen LogP contribution in [0.1, 0.15) is 19.8 Å². The van der Waals surface area contributed by atoms with E-state index in [9.17, 15) is 18.0 Å². The van der Waals surface area contributed by atoms with Crippen LogP contribution in [0, 0.1) is 0 Å². The van der Waals surface area contributed by atoms with Crippen LogP contribution >= 0.6 is 24.0 Å². The van der Waals surface area contributed by atoms with Crippen molar-refractivity contribution >= 4 is 35.8 Å². The number of amides is 1. The van der Waals surface area contributed by atoms with Crippen LogP contribution < -0.4 is 10.6 Å². The molecule has 7 nitrogen and oxygen atoms in total. The molecule has 11 heteroatoms. The summed E-state index contributed by atoms with van der Waals surface area (Å²) in [4.78, 5) is 18.8. The number of aliphatic imine (C=N–C) groups is 1. The third-order valence-corrected chi connectivity index (χ3v) is 3.85. The van der Waals surface area contributed by atoms with Crippen LogP contribution in [-0.2, 0) is 9.53 Å². The monoisotopic (exact) mass is 509 g/mol. The Morgan fingerprint density at radius 1 is 1.37 bits per heavy atom. The fourth-order valence-electron chi connectivity index (χ4n) is 2.51. The van der Waals surface area contributed by atoms with Crippen LogP contribution in [0.15, 0.2) is 4.99 Å². The van der Waals surface area contributed by atoms with Gasteiger partial charge < -0.3 is 20.3 Å². The summed E-state index contributed by atoms with van der Waals surface area (Å²) in [6, 6.07) is -0.134. The summed E-state index contributed by atoms with van der Waals surface area (Å²) in [6.45, 7) is 3.52. The molecule has 1 atom stereocenters. The second-order valence-electron chi connectivity index (χ2n) is 6.41. The third-order valence-electron chi connectivity index (χ3n) is 3.85. The van der Waals surface area contributed by atoms with Gasteiger partial charge in [-0.1, -0.05) is 0 Å². The van der Waals surface area contributed by atoms with Gasteiger partial charge in [0, 0.05) is 53.0 Å².